The number of likely N-dealkylation sites (tertiary alicyclic amines) is 2. The van der Waals surface area contributed by atoms with Crippen LogP contribution in [0.4, 0.5) is 0 Å². The van der Waals surface area contributed by atoms with Gasteiger partial charge in [0.05, 0.1) is 12.8 Å². The minimum absolute atomic E-state index is 0.655. The fourth-order valence-corrected chi connectivity index (χ4v) is 3.49. The molecule has 0 bridgehead atoms. The van der Waals surface area contributed by atoms with Gasteiger partial charge in [-0.3, -0.25) is 0 Å². The van der Waals surface area contributed by atoms with Crippen LogP contribution in [0.1, 0.15) is 31.4 Å². The Hall–Kier alpha value is -0.840. The summed E-state index contributed by atoms with van der Waals surface area (Å²) in [6.45, 7) is 5.91. The van der Waals surface area contributed by atoms with Crippen molar-refractivity contribution in [3.63, 3.8) is 0 Å². The van der Waals surface area contributed by atoms with Gasteiger partial charge in [-0.15, -0.1) is 0 Å². The van der Waals surface area contributed by atoms with E-state index < -0.39 is 0 Å². The lowest BCUT2D eigenvalue weighted by molar-refractivity contribution is 0.0918. The second-order valence-corrected chi connectivity index (χ2v) is 6.30. The zero-order valence-corrected chi connectivity index (χ0v) is 12.6. The van der Waals surface area contributed by atoms with E-state index in [9.17, 15) is 0 Å². The number of piperidine rings is 2. The van der Waals surface area contributed by atoms with Gasteiger partial charge in [0.15, 0.2) is 0 Å². The molecule has 2 aliphatic heterocycles. The molecule has 1 aromatic heterocycles. The largest absolute Gasteiger partial charge is 0.468 e. The van der Waals surface area contributed by atoms with E-state index in [1.54, 1.807) is 6.26 Å². The highest BCUT2D eigenvalue weighted by Crippen LogP contribution is 2.20. The molecule has 0 aromatic carbocycles. The zero-order valence-electron chi connectivity index (χ0n) is 12.6. The van der Waals surface area contributed by atoms with Crippen molar-refractivity contribution in [3.05, 3.63) is 24.2 Å². The maximum Gasteiger partial charge on any atom is 0.117 e. The van der Waals surface area contributed by atoms with Gasteiger partial charge in [-0.2, -0.15) is 0 Å². The minimum atomic E-state index is 0.655. The molecular formula is C16H27N3O. The maximum absolute atomic E-state index is 5.37. The van der Waals surface area contributed by atoms with E-state index in [1.807, 2.05) is 12.1 Å². The lowest BCUT2D eigenvalue weighted by atomic mass is 9.98. The summed E-state index contributed by atoms with van der Waals surface area (Å²) in [4.78, 5) is 5.17. The second kappa shape index (κ2) is 6.74. The maximum atomic E-state index is 5.37. The minimum Gasteiger partial charge on any atom is -0.468 e. The van der Waals surface area contributed by atoms with Gasteiger partial charge in [0, 0.05) is 12.1 Å². The lowest BCUT2D eigenvalue weighted by Gasteiger charge is -2.41. The smallest absolute Gasteiger partial charge is 0.117 e. The van der Waals surface area contributed by atoms with E-state index in [0.29, 0.717) is 6.04 Å². The first-order valence-corrected chi connectivity index (χ1v) is 7.99. The Morgan fingerprint density at radius 2 is 1.90 bits per heavy atom. The summed E-state index contributed by atoms with van der Waals surface area (Å²) in [7, 11) is 2.24. The Labute approximate surface area is 122 Å². The molecule has 3 heterocycles. The molecule has 0 aliphatic carbocycles. The van der Waals surface area contributed by atoms with Crippen LogP contribution in [0.5, 0.6) is 0 Å². The van der Waals surface area contributed by atoms with E-state index in [4.69, 9.17) is 4.42 Å². The molecule has 2 aliphatic rings. The van der Waals surface area contributed by atoms with Crippen molar-refractivity contribution in [2.45, 2.75) is 44.3 Å². The van der Waals surface area contributed by atoms with E-state index in [2.05, 4.69) is 22.2 Å². The number of nitrogens with zero attached hydrogens (tertiary/aromatic N) is 2. The number of rotatable bonds is 4. The van der Waals surface area contributed by atoms with Gasteiger partial charge in [-0.1, -0.05) is 0 Å². The fourth-order valence-electron chi connectivity index (χ4n) is 3.49. The van der Waals surface area contributed by atoms with Crippen LogP contribution < -0.4 is 5.32 Å². The third-order valence-electron chi connectivity index (χ3n) is 4.88. The quantitative estimate of drug-likeness (QED) is 0.911. The van der Waals surface area contributed by atoms with Crippen LogP contribution in [0.15, 0.2) is 22.8 Å². The van der Waals surface area contributed by atoms with Gasteiger partial charge in [-0.05, 0) is 71.0 Å². The summed E-state index contributed by atoms with van der Waals surface area (Å²) in [6, 6.07) is 5.49. The average Bonchev–Trinajstić information content (AvgIpc) is 3.00. The number of hydrogen-bond acceptors (Lipinski definition) is 4. The molecule has 2 saturated heterocycles. The molecule has 4 nitrogen and oxygen atoms in total. The summed E-state index contributed by atoms with van der Waals surface area (Å²) in [5.74, 6) is 1.04. The van der Waals surface area contributed by atoms with Crippen LogP contribution in [0.25, 0.3) is 0 Å². The molecule has 0 spiro atoms. The molecule has 0 amide bonds. The first kappa shape index (κ1) is 14.1. The Balaban J connectivity index is 1.38. The Bertz CT molecular complexity index is 376. The fraction of sp³-hybridized carbons (Fsp3) is 0.750. The van der Waals surface area contributed by atoms with Gasteiger partial charge >= 0.3 is 0 Å². The van der Waals surface area contributed by atoms with Crippen molar-refractivity contribution >= 4 is 0 Å². The first-order valence-electron chi connectivity index (χ1n) is 7.99. The highest BCUT2D eigenvalue weighted by molar-refractivity contribution is 4.98. The van der Waals surface area contributed by atoms with Crippen molar-refractivity contribution in [3.8, 4) is 0 Å². The molecule has 0 radical (unpaired) electrons. The molecule has 0 unspecified atom stereocenters. The molecule has 112 valence electrons. The van der Waals surface area contributed by atoms with Gasteiger partial charge in [-0.25, -0.2) is 0 Å². The zero-order chi connectivity index (χ0) is 13.8. The van der Waals surface area contributed by atoms with Crippen LogP contribution in [0.2, 0.25) is 0 Å². The van der Waals surface area contributed by atoms with Gasteiger partial charge in [0.25, 0.3) is 0 Å². The molecule has 0 atom stereocenters. The first-order chi connectivity index (χ1) is 9.81. The SMILES string of the molecule is CN1CCC(N2CCC(NCc3ccco3)CC2)CC1. The average molecular weight is 277 g/mol. The summed E-state index contributed by atoms with van der Waals surface area (Å²) < 4.78 is 5.37. The van der Waals surface area contributed by atoms with Crippen molar-refractivity contribution < 1.29 is 4.42 Å². The Morgan fingerprint density at radius 1 is 1.15 bits per heavy atom. The van der Waals surface area contributed by atoms with E-state index in [0.717, 1.165) is 18.3 Å². The summed E-state index contributed by atoms with van der Waals surface area (Å²) in [5.41, 5.74) is 0. The molecule has 0 saturated carbocycles. The van der Waals surface area contributed by atoms with Crippen LogP contribution in [-0.4, -0.2) is 55.1 Å². The molecule has 3 rings (SSSR count). The molecule has 1 aromatic rings. The van der Waals surface area contributed by atoms with Crippen LogP contribution >= 0.6 is 0 Å². The Morgan fingerprint density at radius 3 is 2.55 bits per heavy atom. The summed E-state index contributed by atoms with van der Waals surface area (Å²) >= 11 is 0. The predicted octanol–water partition coefficient (Wildman–Crippen LogP) is 1.93. The predicted molar refractivity (Wildman–Crippen MR) is 80.7 cm³/mol. The molecular weight excluding hydrogens is 250 g/mol. The van der Waals surface area contributed by atoms with Gasteiger partial charge in [0.1, 0.15) is 5.76 Å². The third-order valence-corrected chi connectivity index (χ3v) is 4.88. The molecule has 20 heavy (non-hydrogen) atoms. The third kappa shape index (κ3) is 3.62. The van der Waals surface area contributed by atoms with Crippen molar-refractivity contribution in [2.75, 3.05) is 33.2 Å². The Kier molecular flexibility index (Phi) is 4.76. The molecule has 4 heteroatoms. The van der Waals surface area contributed by atoms with E-state index >= 15 is 0 Å². The van der Waals surface area contributed by atoms with Crippen molar-refractivity contribution in [1.82, 2.24) is 15.1 Å². The normalized spacial score (nSPS) is 24.2. The summed E-state index contributed by atoms with van der Waals surface area (Å²) in [6.07, 6.45) is 6.99. The second-order valence-electron chi connectivity index (χ2n) is 6.30. The number of nitrogens with one attached hydrogen (secondary N) is 1. The van der Waals surface area contributed by atoms with Crippen LogP contribution in [-0.2, 0) is 6.54 Å². The highest BCUT2D eigenvalue weighted by atomic mass is 16.3. The van der Waals surface area contributed by atoms with Crippen LogP contribution in [0.3, 0.4) is 0 Å². The van der Waals surface area contributed by atoms with Gasteiger partial charge in [0.2, 0.25) is 0 Å². The summed E-state index contributed by atoms with van der Waals surface area (Å²) in [5, 5.41) is 3.63. The monoisotopic (exact) mass is 277 g/mol. The van der Waals surface area contributed by atoms with Gasteiger partial charge < -0.3 is 19.5 Å². The van der Waals surface area contributed by atoms with Crippen molar-refractivity contribution in [2.24, 2.45) is 0 Å². The number of furan rings is 1. The molecule has 2 fully saturated rings. The number of hydrogen-bond donors (Lipinski definition) is 1. The van der Waals surface area contributed by atoms with E-state index in [-0.39, 0.29) is 0 Å². The van der Waals surface area contributed by atoms with Crippen LogP contribution in [0, 0.1) is 0 Å². The standard InChI is InChI=1S/C16H27N3O/c1-18-8-6-15(7-9-18)19-10-4-14(5-11-19)17-13-16-3-2-12-20-16/h2-3,12,14-15,17H,4-11,13H2,1H3. The topological polar surface area (TPSA) is 31.6 Å². The van der Waals surface area contributed by atoms with E-state index in [1.165, 1.54) is 51.9 Å². The highest BCUT2D eigenvalue weighted by Gasteiger charge is 2.27. The van der Waals surface area contributed by atoms with Crippen molar-refractivity contribution in [1.29, 1.82) is 0 Å². The molecule has 1 N–H and O–H groups in total. The lowest BCUT2D eigenvalue weighted by Crippen LogP contribution is -2.49.